The van der Waals surface area contributed by atoms with Gasteiger partial charge in [-0.05, 0) is 29.9 Å². The van der Waals surface area contributed by atoms with Gasteiger partial charge in [0.25, 0.3) is 0 Å². The van der Waals surface area contributed by atoms with Crippen LogP contribution in [0.5, 0.6) is 0 Å². The van der Waals surface area contributed by atoms with Gasteiger partial charge in [0.2, 0.25) is 0 Å². The Kier molecular flexibility index (Phi) is 5.21. The van der Waals surface area contributed by atoms with Crippen LogP contribution in [0.2, 0.25) is 0 Å². The summed E-state index contributed by atoms with van der Waals surface area (Å²) in [6.45, 7) is 7.88. The lowest BCUT2D eigenvalue weighted by Gasteiger charge is -2.31. The summed E-state index contributed by atoms with van der Waals surface area (Å²) in [5, 5.41) is 3.66. The minimum atomic E-state index is 0.535. The van der Waals surface area contributed by atoms with Gasteiger partial charge in [-0.3, -0.25) is 0 Å². The van der Waals surface area contributed by atoms with Crippen molar-refractivity contribution in [3.05, 3.63) is 47.5 Å². The lowest BCUT2D eigenvalue weighted by Crippen LogP contribution is -2.38. The van der Waals surface area contributed by atoms with E-state index in [4.69, 9.17) is 0 Å². The van der Waals surface area contributed by atoms with E-state index in [0.29, 0.717) is 12.0 Å². The third kappa shape index (κ3) is 3.94. The zero-order chi connectivity index (χ0) is 13.7. The van der Waals surface area contributed by atoms with Crippen LogP contribution in [0.15, 0.2) is 36.4 Å². The first-order valence-corrected chi connectivity index (χ1v) is 7.69. The van der Waals surface area contributed by atoms with E-state index in [-0.39, 0.29) is 0 Å². The maximum Gasteiger partial charge on any atom is 0.0176 e. The molecule has 0 saturated carbocycles. The Hall–Kier alpha value is -1.08. The van der Waals surface area contributed by atoms with E-state index < -0.39 is 0 Å². The maximum absolute atomic E-state index is 3.66. The van der Waals surface area contributed by atoms with Gasteiger partial charge in [0.1, 0.15) is 0 Å². The Morgan fingerprint density at radius 3 is 2.89 bits per heavy atom. The first-order valence-electron chi connectivity index (χ1n) is 7.69. The van der Waals surface area contributed by atoms with E-state index in [9.17, 15) is 0 Å². The highest BCUT2D eigenvalue weighted by molar-refractivity contribution is 5.32. The second-order valence-electron chi connectivity index (χ2n) is 6.09. The molecule has 1 aliphatic rings. The summed E-state index contributed by atoms with van der Waals surface area (Å²) in [7, 11) is 0. The molecule has 1 heterocycles. The number of benzene rings is 1. The fourth-order valence-electron chi connectivity index (χ4n) is 3.02. The van der Waals surface area contributed by atoms with Crippen molar-refractivity contribution in [2.75, 3.05) is 6.54 Å². The highest BCUT2D eigenvalue weighted by Crippen LogP contribution is 2.28. The van der Waals surface area contributed by atoms with Crippen LogP contribution in [0.25, 0.3) is 0 Å². The number of aryl methyl sites for hydroxylation is 1. The summed E-state index contributed by atoms with van der Waals surface area (Å²) in [6.07, 6.45) is 8.32. The second kappa shape index (κ2) is 6.91. The minimum absolute atomic E-state index is 0.535. The van der Waals surface area contributed by atoms with Gasteiger partial charge in [-0.1, -0.05) is 63.6 Å². The monoisotopic (exact) mass is 257 g/mol. The van der Waals surface area contributed by atoms with E-state index in [1.807, 2.05) is 0 Å². The molecule has 0 radical (unpaired) electrons. The molecule has 0 fully saturated rings. The molecule has 1 N–H and O–H groups in total. The van der Waals surface area contributed by atoms with Gasteiger partial charge < -0.3 is 5.32 Å². The molecule has 2 rings (SSSR count). The highest BCUT2D eigenvalue weighted by atomic mass is 14.9. The van der Waals surface area contributed by atoms with Crippen molar-refractivity contribution in [3.8, 4) is 0 Å². The van der Waals surface area contributed by atoms with Crippen LogP contribution >= 0.6 is 0 Å². The molecule has 1 heteroatoms. The molecule has 0 saturated heterocycles. The average molecular weight is 257 g/mol. The quantitative estimate of drug-likeness (QED) is 0.776. The normalized spacial score (nSPS) is 22.9. The summed E-state index contributed by atoms with van der Waals surface area (Å²) in [6, 6.07) is 9.74. The molecule has 2 unspecified atom stereocenters. The van der Waals surface area contributed by atoms with Gasteiger partial charge >= 0.3 is 0 Å². The first-order chi connectivity index (χ1) is 9.20. The number of nitrogens with one attached hydrogen (secondary N) is 1. The zero-order valence-electron chi connectivity index (χ0n) is 12.5. The SMILES string of the molecule is CCCc1cccc(C2C=CCNC2CC(C)C)c1. The molecule has 0 amide bonds. The predicted octanol–water partition coefficient (Wildman–Crippen LogP) is 4.30. The topological polar surface area (TPSA) is 12.0 Å². The van der Waals surface area contributed by atoms with Crippen LogP contribution in [0, 0.1) is 5.92 Å². The summed E-state index contributed by atoms with van der Waals surface area (Å²) < 4.78 is 0. The summed E-state index contributed by atoms with van der Waals surface area (Å²) in [4.78, 5) is 0. The van der Waals surface area contributed by atoms with Crippen LogP contribution in [0.1, 0.15) is 50.7 Å². The third-order valence-corrected chi connectivity index (χ3v) is 3.87. The van der Waals surface area contributed by atoms with Crippen molar-refractivity contribution < 1.29 is 0 Å². The Bertz CT molecular complexity index is 419. The number of rotatable bonds is 5. The van der Waals surface area contributed by atoms with Crippen LogP contribution in [0.4, 0.5) is 0 Å². The van der Waals surface area contributed by atoms with Crippen molar-refractivity contribution in [2.24, 2.45) is 5.92 Å². The average Bonchev–Trinajstić information content (AvgIpc) is 2.39. The Balaban J connectivity index is 2.19. The minimum Gasteiger partial charge on any atom is -0.310 e. The largest absolute Gasteiger partial charge is 0.310 e. The Morgan fingerprint density at radius 1 is 1.32 bits per heavy atom. The molecule has 19 heavy (non-hydrogen) atoms. The van der Waals surface area contributed by atoms with E-state index in [2.05, 4.69) is 62.5 Å². The smallest absolute Gasteiger partial charge is 0.0176 e. The van der Waals surface area contributed by atoms with Crippen LogP contribution in [-0.2, 0) is 6.42 Å². The lowest BCUT2D eigenvalue weighted by atomic mass is 9.84. The molecule has 0 bridgehead atoms. The fourth-order valence-corrected chi connectivity index (χ4v) is 3.02. The first kappa shape index (κ1) is 14.3. The molecule has 104 valence electrons. The van der Waals surface area contributed by atoms with Gasteiger partial charge in [-0.2, -0.15) is 0 Å². The predicted molar refractivity (Wildman–Crippen MR) is 83.6 cm³/mol. The molecule has 0 aromatic heterocycles. The van der Waals surface area contributed by atoms with E-state index in [1.54, 1.807) is 0 Å². The van der Waals surface area contributed by atoms with E-state index in [0.717, 1.165) is 12.5 Å². The van der Waals surface area contributed by atoms with Gasteiger partial charge in [0.05, 0.1) is 0 Å². The third-order valence-electron chi connectivity index (χ3n) is 3.87. The van der Waals surface area contributed by atoms with Crippen molar-refractivity contribution in [1.82, 2.24) is 5.32 Å². The maximum atomic E-state index is 3.66. The highest BCUT2D eigenvalue weighted by Gasteiger charge is 2.23. The van der Waals surface area contributed by atoms with Gasteiger partial charge in [0, 0.05) is 18.5 Å². The Morgan fingerprint density at radius 2 is 2.16 bits per heavy atom. The fraction of sp³-hybridized carbons (Fsp3) is 0.556. The molecule has 1 aromatic rings. The van der Waals surface area contributed by atoms with Crippen molar-refractivity contribution in [1.29, 1.82) is 0 Å². The molecule has 1 nitrogen and oxygen atoms in total. The molecule has 0 spiro atoms. The molecular weight excluding hydrogens is 230 g/mol. The lowest BCUT2D eigenvalue weighted by molar-refractivity contribution is 0.394. The van der Waals surface area contributed by atoms with Crippen molar-refractivity contribution >= 4 is 0 Å². The molecular formula is C18H27N. The molecule has 1 aromatic carbocycles. The molecule has 2 atom stereocenters. The number of hydrogen-bond donors (Lipinski definition) is 1. The van der Waals surface area contributed by atoms with Gasteiger partial charge in [-0.25, -0.2) is 0 Å². The standard InChI is InChI=1S/C18H27N/c1-4-7-15-8-5-9-16(13-15)17-10-6-11-19-18(17)12-14(2)3/h5-6,8-10,13-14,17-19H,4,7,11-12H2,1-3H3. The van der Waals surface area contributed by atoms with Crippen molar-refractivity contribution in [3.63, 3.8) is 0 Å². The molecule has 1 aliphatic heterocycles. The Labute approximate surface area is 118 Å². The summed E-state index contributed by atoms with van der Waals surface area (Å²) in [5.41, 5.74) is 2.95. The van der Waals surface area contributed by atoms with E-state index >= 15 is 0 Å². The van der Waals surface area contributed by atoms with Crippen LogP contribution < -0.4 is 5.32 Å². The number of hydrogen-bond acceptors (Lipinski definition) is 1. The molecule has 0 aliphatic carbocycles. The van der Waals surface area contributed by atoms with Crippen molar-refractivity contribution in [2.45, 2.75) is 52.0 Å². The van der Waals surface area contributed by atoms with Gasteiger partial charge in [-0.15, -0.1) is 0 Å². The summed E-state index contributed by atoms with van der Waals surface area (Å²) in [5.74, 6) is 1.28. The second-order valence-corrected chi connectivity index (χ2v) is 6.09. The van der Waals surface area contributed by atoms with Gasteiger partial charge in [0.15, 0.2) is 0 Å². The van der Waals surface area contributed by atoms with E-state index in [1.165, 1.54) is 30.4 Å². The van der Waals surface area contributed by atoms with Crippen LogP contribution in [-0.4, -0.2) is 12.6 Å². The van der Waals surface area contributed by atoms with Crippen LogP contribution in [0.3, 0.4) is 0 Å². The zero-order valence-corrected chi connectivity index (χ0v) is 12.5. The summed E-state index contributed by atoms with van der Waals surface area (Å²) >= 11 is 0.